The van der Waals surface area contributed by atoms with Crippen LogP contribution in [0.5, 0.6) is 0 Å². The molecule has 0 aliphatic carbocycles. The van der Waals surface area contributed by atoms with Crippen LogP contribution in [-0.2, 0) is 4.74 Å². The zero-order valence-electron chi connectivity index (χ0n) is 11.7. The molecule has 0 bridgehead atoms. The number of carbonyl (C=O) groups excluding carboxylic acids is 1. The van der Waals surface area contributed by atoms with Gasteiger partial charge in [0.1, 0.15) is 0 Å². The van der Waals surface area contributed by atoms with Gasteiger partial charge in [-0.3, -0.25) is 0 Å². The quantitative estimate of drug-likeness (QED) is 0.849. The van der Waals surface area contributed by atoms with E-state index in [0.29, 0.717) is 11.6 Å². The first-order valence-electron chi connectivity index (χ1n) is 6.82. The molecule has 0 aromatic heterocycles. The van der Waals surface area contributed by atoms with Crippen molar-refractivity contribution in [1.29, 1.82) is 0 Å². The lowest BCUT2D eigenvalue weighted by Crippen LogP contribution is -2.22. The number of esters is 1. The Balaban J connectivity index is 1.93. The van der Waals surface area contributed by atoms with Gasteiger partial charge in [0.2, 0.25) is 0 Å². The standard InChI is InChI=1S/C15H22N2O2/c1-17-10-3-4-13(9-11-17)16-14-7-5-12(6-8-14)15(18)19-2/h5-8,13,16H,3-4,9-11H2,1-2H3. The predicted octanol–water partition coefficient (Wildman–Crippen LogP) is 2.37. The molecule has 1 atom stereocenters. The molecule has 1 N–H and O–H groups in total. The van der Waals surface area contributed by atoms with Gasteiger partial charge in [-0.2, -0.15) is 0 Å². The second kappa shape index (κ2) is 6.57. The van der Waals surface area contributed by atoms with Crippen molar-refractivity contribution < 1.29 is 9.53 Å². The van der Waals surface area contributed by atoms with Gasteiger partial charge in [-0.25, -0.2) is 4.79 Å². The molecular weight excluding hydrogens is 240 g/mol. The summed E-state index contributed by atoms with van der Waals surface area (Å²) in [7, 11) is 3.57. The van der Waals surface area contributed by atoms with E-state index >= 15 is 0 Å². The third-order valence-electron chi connectivity index (χ3n) is 3.63. The van der Waals surface area contributed by atoms with Crippen LogP contribution in [0, 0.1) is 0 Å². The van der Waals surface area contributed by atoms with Crippen molar-refractivity contribution in [2.45, 2.75) is 25.3 Å². The summed E-state index contributed by atoms with van der Waals surface area (Å²) in [6.07, 6.45) is 3.59. The molecule has 1 aliphatic rings. The molecule has 1 heterocycles. The Morgan fingerprint density at radius 3 is 2.68 bits per heavy atom. The monoisotopic (exact) mass is 262 g/mol. The van der Waals surface area contributed by atoms with Gasteiger partial charge < -0.3 is 15.0 Å². The number of carbonyl (C=O) groups is 1. The van der Waals surface area contributed by atoms with Crippen LogP contribution in [0.4, 0.5) is 5.69 Å². The molecule has 1 unspecified atom stereocenters. The zero-order valence-corrected chi connectivity index (χ0v) is 11.7. The summed E-state index contributed by atoms with van der Waals surface area (Å²) in [6, 6.07) is 8.02. The molecule has 0 spiro atoms. The van der Waals surface area contributed by atoms with E-state index in [1.54, 1.807) is 12.1 Å². The smallest absolute Gasteiger partial charge is 0.337 e. The summed E-state index contributed by atoms with van der Waals surface area (Å²) < 4.78 is 4.69. The summed E-state index contributed by atoms with van der Waals surface area (Å²) in [5, 5.41) is 3.55. The Hall–Kier alpha value is -1.55. The number of likely N-dealkylation sites (tertiary alicyclic amines) is 1. The maximum Gasteiger partial charge on any atom is 0.337 e. The van der Waals surface area contributed by atoms with Crippen molar-refractivity contribution in [3.05, 3.63) is 29.8 Å². The normalized spacial score (nSPS) is 20.6. The lowest BCUT2D eigenvalue weighted by atomic mass is 10.1. The van der Waals surface area contributed by atoms with Gasteiger partial charge in [-0.15, -0.1) is 0 Å². The maximum absolute atomic E-state index is 11.3. The molecule has 0 saturated carbocycles. The first-order chi connectivity index (χ1) is 9.19. The highest BCUT2D eigenvalue weighted by atomic mass is 16.5. The minimum Gasteiger partial charge on any atom is -0.465 e. The van der Waals surface area contributed by atoms with Crippen LogP contribution in [0.2, 0.25) is 0 Å². The Morgan fingerprint density at radius 2 is 2.00 bits per heavy atom. The second-order valence-corrected chi connectivity index (χ2v) is 5.14. The number of ether oxygens (including phenoxy) is 1. The average molecular weight is 262 g/mol. The molecule has 1 aromatic carbocycles. The molecule has 2 rings (SSSR count). The van der Waals surface area contributed by atoms with E-state index in [1.807, 2.05) is 12.1 Å². The summed E-state index contributed by atoms with van der Waals surface area (Å²) in [5.74, 6) is -0.289. The van der Waals surface area contributed by atoms with E-state index in [-0.39, 0.29) is 5.97 Å². The third-order valence-corrected chi connectivity index (χ3v) is 3.63. The number of nitrogens with one attached hydrogen (secondary N) is 1. The van der Waals surface area contributed by atoms with E-state index < -0.39 is 0 Å². The van der Waals surface area contributed by atoms with Crippen molar-refractivity contribution in [2.75, 3.05) is 32.6 Å². The maximum atomic E-state index is 11.3. The second-order valence-electron chi connectivity index (χ2n) is 5.14. The van der Waals surface area contributed by atoms with E-state index in [2.05, 4.69) is 22.0 Å². The first kappa shape index (κ1) is 13.9. The van der Waals surface area contributed by atoms with Gasteiger partial charge in [0.05, 0.1) is 12.7 Å². The number of nitrogens with zero attached hydrogens (tertiary/aromatic N) is 1. The third kappa shape index (κ3) is 3.96. The van der Waals surface area contributed by atoms with Crippen molar-refractivity contribution >= 4 is 11.7 Å². The van der Waals surface area contributed by atoms with Crippen molar-refractivity contribution in [1.82, 2.24) is 4.90 Å². The number of benzene rings is 1. The summed E-state index contributed by atoms with van der Waals surface area (Å²) >= 11 is 0. The van der Waals surface area contributed by atoms with Crippen LogP contribution in [0.15, 0.2) is 24.3 Å². The number of methoxy groups -OCH3 is 1. The summed E-state index contributed by atoms with van der Waals surface area (Å²) in [5.41, 5.74) is 1.66. The predicted molar refractivity (Wildman–Crippen MR) is 76.5 cm³/mol. The summed E-state index contributed by atoms with van der Waals surface area (Å²) in [6.45, 7) is 2.32. The summed E-state index contributed by atoms with van der Waals surface area (Å²) in [4.78, 5) is 13.7. The Labute approximate surface area is 114 Å². The largest absolute Gasteiger partial charge is 0.465 e. The molecule has 1 saturated heterocycles. The van der Waals surface area contributed by atoms with E-state index in [9.17, 15) is 4.79 Å². The Morgan fingerprint density at radius 1 is 1.26 bits per heavy atom. The highest BCUT2D eigenvalue weighted by Gasteiger charge is 2.14. The highest BCUT2D eigenvalue weighted by molar-refractivity contribution is 5.89. The van der Waals surface area contributed by atoms with Gasteiger partial charge in [0.15, 0.2) is 0 Å². The molecule has 4 heteroatoms. The fourth-order valence-corrected chi connectivity index (χ4v) is 2.44. The molecule has 0 amide bonds. The van der Waals surface area contributed by atoms with Gasteiger partial charge in [-0.05, 0) is 63.7 Å². The molecule has 1 fully saturated rings. The molecule has 1 aliphatic heterocycles. The number of hydrogen-bond donors (Lipinski definition) is 1. The number of hydrogen-bond acceptors (Lipinski definition) is 4. The van der Waals surface area contributed by atoms with Crippen molar-refractivity contribution in [3.63, 3.8) is 0 Å². The molecule has 0 radical (unpaired) electrons. The van der Waals surface area contributed by atoms with Gasteiger partial charge in [0.25, 0.3) is 0 Å². The molecule has 104 valence electrons. The highest BCUT2D eigenvalue weighted by Crippen LogP contribution is 2.17. The first-order valence-corrected chi connectivity index (χ1v) is 6.82. The van der Waals surface area contributed by atoms with Gasteiger partial charge >= 0.3 is 5.97 Å². The molecule has 19 heavy (non-hydrogen) atoms. The van der Waals surface area contributed by atoms with Gasteiger partial charge in [0, 0.05) is 11.7 Å². The molecule has 1 aromatic rings. The van der Waals surface area contributed by atoms with Gasteiger partial charge in [-0.1, -0.05) is 0 Å². The van der Waals surface area contributed by atoms with Crippen LogP contribution in [-0.4, -0.2) is 44.2 Å². The molecular formula is C15H22N2O2. The SMILES string of the molecule is COC(=O)c1ccc(NC2CCCN(C)CC2)cc1. The lowest BCUT2D eigenvalue weighted by Gasteiger charge is -2.18. The fourth-order valence-electron chi connectivity index (χ4n) is 2.44. The average Bonchev–Trinajstić information content (AvgIpc) is 2.64. The lowest BCUT2D eigenvalue weighted by molar-refractivity contribution is 0.0601. The number of rotatable bonds is 3. The Bertz CT molecular complexity index is 417. The molecule has 4 nitrogen and oxygen atoms in total. The van der Waals surface area contributed by atoms with Crippen molar-refractivity contribution in [2.24, 2.45) is 0 Å². The van der Waals surface area contributed by atoms with Crippen LogP contribution in [0.25, 0.3) is 0 Å². The Kier molecular flexibility index (Phi) is 4.80. The fraction of sp³-hybridized carbons (Fsp3) is 0.533. The van der Waals surface area contributed by atoms with E-state index in [4.69, 9.17) is 0 Å². The van der Waals surface area contributed by atoms with Crippen molar-refractivity contribution in [3.8, 4) is 0 Å². The van der Waals surface area contributed by atoms with E-state index in [0.717, 1.165) is 18.7 Å². The van der Waals surface area contributed by atoms with Crippen LogP contribution in [0.1, 0.15) is 29.6 Å². The van der Waals surface area contributed by atoms with E-state index in [1.165, 1.54) is 26.5 Å². The number of anilines is 1. The topological polar surface area (TPSA) is 41.6 Å². The van der Waals surface area contributed by atoms with Crippen LogP contribution in [0.3, 0.4) is 0 Å². The minimum absolute atomic E-state index is 0.289. The zero-order chi connectivity index (χ0) is 13.7. The minimum atomic E-state index is -0.289. The van der Waals surface area contributed by atoms with Crippen LogP contribution >= 0.6 is 0 Å². The van der Waals surface area contributed by atoms with Crippen LogP contribution < -0.4 is 5.32 Å².